The van der Waals surface area contributed by atoms with Crippen LogP contribution < -0.4 is 16.4 Å². The number of hydrogen-bond acceptors (Lipinski definition) is 6. The van der Waals surface area contributed by atoms with Crippen molar-refractivity contribution in [1.82, 2.24) is 14.1 Å². The van der Waals surface area contributed by atoms with Crippen molar-refractivity contribution in [3.8, 4) is 0 Å². The number of rotatable bonds is 5. The van der Waals surface area contributed by atoms with Gasteiger partial charge in [0.15, 0.2) is 5.65 Å². The van der Waals surface area contributed by atoms with E-state index in [1.165, 1.54) is 19.2 Å². The fraction of sp³-hybridized carbons (Fsp3) is 0.235. The van der Waals surface area contributed by atoms with Gasteiger partial charge in [0, 0.05) is 10.6 Å². The molecule has 0 aliphatic heterocycles. The summed E-state index contributed by atoms with van der Waals surface area (Å²) in [5, 5.41) is 20.8. The van der Waals surface area contributed by atoms with Gasteiger partial charge >= 0.3 is 0 Å². The first-order chi connectivity index (χ1) is 13.2. The lowest BCUT2D eigenvalue weighted by molar-refractivity contribution is 0.0802. The maximum Gasteiger partial charge on any atom is 0.290 e. The molecule has 28 heavy (non-hydrogen) atoms. The predicted molar refractivity (Wildman–Crippen MR) is 107 cm³/mol. The van der Waals surface area contributed by atoms with Gasteiger partial charge in [0.2, 0.25) is 5.82 Å². The van der Waals surface area contributed by atoms with E-state index < -0.39 is 41.2 Å². The van der Waals surface area contributed by atoms with Gasteiger partial charge in [0.1, 0.15) is 17.5 Å². The highest BCUT2D eigenvalue weighted by molar-refractivity contribution is 14.1. The van der Waals surface area contributed by atoms with Crippen LogP contribution in [0.15, 0.2) is 34.1 Å². The molecule has 0 saturated heterocycles. The van der Waals surface area contributed by atoms with Crippen LogP contribution in [0.5, 0.6) is 0 Å². The van der Waals surface area contributed by atoms with E-state index in [-0.39, 0.29) is 23.3 Å². The highest BCUT2D eigenvalue weighted by atomic mass is 127. The number of aryl methyl sites for hydroxylation is 1. The summed E-state index contributed by atoms with van der Waals surface area (Å²) in [6.45, 7) is -0.884. The lowest BCUT2D eigenvalue weighted by Gasteiger charge is -2.15. The standard InChI is InChI=1S/C17H15F2IN4O4/c1-23-15-12(16(27)24(7-21-15)5-9(26)6-25)14(13(19)17(23)28)22-11-3-2-8(20)4-10(11)18/h2-4,7,9,22,25-26H,5-6H2,1H3. The Labute approximate surface area is 170 Å². The zero-order valence-electron chi connectivity index (χ0n) is 14.5. The van der Waals surface area contributed by atoms with Crippen LogP contribution in [0.4, 0.5) is 20.2 Å². The Bertz CT molecular complexity index is 1180. The molecular formula is C17H15F2IN4O4. The van der Waals surface area contributed by atoms with Crippen molar-refractivity contribution < 1.29 is 19.0 Å². The number of fused-ring (bicyclic) bond motifs is 1. The Balaban J connectivity index is 2.29. The third-order valence-electron chi connectivity index (χ3n) is 4.11. The van der Waals surface area contributed by atoms with Crippen LogP contribution in [0.1, 0.15) is 0 Å². The second kappa shape index (κ2) is 7.93. The lowest BCUT2D eigenvalue weighted by atomic mass is 10.2. The van der Waals surface area contributed by atoms with E-state index in [1.54, 1.807) is 6.07 Å². The molecule has 0 aliphatic rings. The molecule has 0 bridgehead atoms. The highest BCUT2D eigenvalue weighted by Gasteiger charge is 2.21. The fourth-order valence-corrected chi connectivity index (χ4v) is 3.12. The maximum atomic E-state index is 14.7. The Morgan fingerprint density at radius 3 is 2.64 bits per heavy atom. The molecule has 1 atom stereocenters. The molecular weight excluding hydrogens is 489 g/mol. The van der Waals surface area contributed by atoms with Crippen molar-refractivity contribution >= 4 is 45.0 Å². The molecule has 1 unspecified atom stereocenters. The Kier molecular flexibility index (Phi) is 5.76. The van der Waals surface area contributed by atoms with Crippen LogP contribution in [0, 0.1) is 15.2 Å². The van der Waals surface area contributed by atoms with Crippen molar-refractivity contribution in [2.75, 3.05) is 11.9 Å². The van der Waals surface area contributed by atoms with Gasteiger partial charge in [0.25, 0.3) is 11.1 Å². The molecule has 0 spiro atoms. The normalized spacial score (nSPS) is 12.4. The monoisotopic (exact) mass is 504 g/mol. The molecule has 0 fully saturated rings. The first-order valence-electron chi connectivity index (χ1n) is 8.03. The predicted octanol–water partition coefficient (Wildman–Crippen LogP) is 1.07. The number of halogens is 3. The van der Waals surface area contributed by atoms with E-state index in [9.17, 15) is 23.5 Å². The van der Waals surface area contributed by atoms with Crippen molar-refractivity contribution in [1.29, 1.82) is 0 Å². The molecule has 3 rings (SSSR count). The molecule has 0 radical (unpaired) electrons. The Hall–Kier alpha value is -2.38. The Morgan fingerprint density at radius 2 is 2.00 bits per heavy atom. The number of hydrogen-bond donors (Lipinski definition) is 3. The minimum absolute atomic E-state index is 0.112. The van der Waals surface area contributed by atoms with Crippen LogP contribution in [-0.2, 0) is 13.6 Å². The number of anilines is 2. The number of aliphatic hydroxyl groups is 2. The molecule has 0 amide bonds. The van der Waals surface area contributed by atoms with E-state index >= 15 is 0 Å². The summed E-state index contributed by atoms with van der Waals surface area (Å²) in [5.74, 6) is -1.97. The van der Waals surface area contributed by atoms with Gasteiger partial charge in [0.05, 0.1) is 30.6 Å². The van der Waals surface area contributed by atoms with Crippen molar-refractivity contribution in [3.05, 3.63) is 60.4 Å². The van der Waals surface area contributed by atoms with Crippen LogP contribution in [-0.4, -0.2) is 37.0 Å². The van der Waals surface area contributed by atoms with Gasteiger partial charge < -0.3 is 15.5 Å². The summed E-state index contributed by atoms with van der Waals surface area (Å²) < 4.78 is 31.4. The molecule has 3 N–H and O–H groups in total. The molecule has 148 valence electrons. The molecule has 8 nitrogen and oxygen atoms in total. The summed E-state index contributed by atoms with van der Waals surface area (Å²) in [4.78, 5) is 29.0. The first-order valence-corrected chi connectivity index (χ1v) is 9.11. The maximum absolute atomic E-state index is 14.7. The molecule has 2 heterocycles. The van der Waals surface area contributed by atoms with Gasteiger partial charge in [-0.1, -0.05) is 0 Å². The number of pyridine rings is 1. The second-order valence-corrected chi connectivity index (χ2v) is 7.29. The number of nitrogens with one attached hydrogen (secondary N) is 1. The molecule has 2 aromatic heterocycles. The van der Waals surface area contributed by atoms with Crippen LogP contribution >= 0.6 is 22.6 Å². The Morgan fingerprint density at radius 1 is 1.29 bits per heavy atom. The smallest absolute Gasteiger partial charge is 0.290 e. The summed E-state index contributed by atoms with van der Waals surface area (Å²) in [7, 11) is 1.25. The van der Waals surface area contributed by atoms with Gasteiger partial charge in [-0.25, -0.2) is 9.37 Å². The first kappa shape index (κ1) is 20.4. The van der Waals surface area contributed by atoms with Crippen molar-refractivity contribution in [2.45, 2.75) is 12.6 Å². The second-order valence-electron chi connectivity index (χ2n) is 6.04. The average Bonchev–Trinajstić information content (AvgIpc) is 2.66. The zero-order valence-corrected chi connectivity index (χ0v) is 16.6. The van der Waals surface area contributed by atoms with Gasteiger partial charge in [-0.2, -0.15) is 4.39 Å². The summed E-state index contributed by atoms with van der Waals surface area (Å²) in [5.41, 5.74) is -2.55. The third kappa shape index (κ3) is 3.64. The summed E-state index contributed by atoms with van der Waals surface area (Å²) >= 11 is 1.91. The highest BCUT2D eigenvalue weighted by Crippen LogP contribution is 2.26. The third-order valence-corrected chi connectivity index (χ3v) is 4.78. The van der Waals surface area contributed by atoms with E-state index in [0.29, 0.717) is 3.57 Å². The number of aliphatic hydroxyl groups excluding tert-OH is 2. The topological polar surface area (TPSA) is 109 Å². The van der Waals surface area contributed by atoms with Gasteiger partial charge in [-0.05, 0) is 40.8 Å². The molecule has 3 aromatic rings. The average molecular weight is 504 g/mol. The molecule has 0 aliphatic carbocycles. The number of nitrogens with zero attached hydrogens (tertiary/aromatic N) is 3. The SMILES string of the molecule is Cn1c(=O)c(F)c(Nc2ccc(I)cc2F)c2c(=O)n(CC(O)CO)cnc21. The quantitative estimate of drug-likeness (QED) is 0.449. The fourth-order valence-electron chi connectivity index (χ4n) is 2.67. The largest absolute Gasteiger partial charge is 0.394 e. The molecule has 0 saturated carbocycles. The minimum atomic E-state index is -1.27. The van der Waals surface area contributed by atoms with E-state index in [2.05, 4.69) is 10.3 Å². The van der Waals surface area contributed by atoms with Gasteiger partial charge in [-0.3, -0.25) is 18.7 Å². The minimum Gasteiger partial charge on any atom is -0.394 e. The molecule has 11 heteroatoms. The van der Waals surface area contributed by atoms with E-state index in [0.717, 1.165) is 15.5 Å². The van der Waals surface area contributed by atoms with Gasteiger partial charge in [-0.15, -0.1) is 0 Å². The van der Waals surface area contributed by atoms with E-state index in [1.807, 2.05) is 22.6 Å². The van der Waals surface area contributed by atoms with Crippen LogP contribution in [0.3, 0.4) is 0 Å². The number of benzene rings is 1. The summed E-state index contributed by atoms with van der Waals surface area (Å²) in [6, 6.07) is 4.13. The van der Waals surface area contributed by atoms with Crippen molar-refractivity contribution in [3.63, 3.8) is 0 Å². The van der Waals surface area contributed by atoms with E-state index in [4.69, 9.17) is 5.11 Å². The summed E-state index contributed by atoms with van der Waals surface area (Å²) in [6.07, 6.45) is -0.157. The lowest BCUT2D eigenvalue weighted by Crippen LogP contribution is -2.32. The van der Waals surface area contributed by atoms with Crippen LogP contribution in [0.2, 0.25) is 0 Å². The van der Waals surface area contributed by atoms with Crippen molar-refractivity contribution in [2.24, 2.45) is 7.05 Å². The van der Waals surface area contributed by atoms with Crippen LogP contribution in [0.25, 0.3) is 11.0 Å². The molecule has 1 aromatic carbocycles. The zero-order chi connectivity index (χ0) is 20.6. The number of aromatic nitrogens is 3.